The molecule has 0 spiro atoms. The fourth-order valence-electron chi connectivity index (χ4n) is 1.79. The quantitative estimate of drug-likeness (QED) is 0.613. The van der Waals surface area contributed by atoms with Crippen LogP contribution in [-0.2, 0) is 14.3 Å². The summed E-state index contributed by atoms with van der Waals surface area (Å²) in [6.07, 6.45) is -0.221. The molecule has 0 aliphatic carbocycles. The second-order valence-corrected chi connectivity index (χ2v) is 5.65. The third-order valence-corrected chi connectivity index (χ3v) is 3.85. The highest BCUT2D eigenvalue weighted by Crippen LogP contribution is 2.17. The van der Waals surface area contributed by atoms with Gasteiger partial charge < -0.3 is 10.1 Å². The van der Waals surface area contributed by atoms with Crippen molar-refractivity contribution in [3.05, 3.63) is 52.2 Å². The first-order valence-electron chi connectivity index (χ1n) is 6.93. The fraction of sp³-hybridized carbons (Fsp3) is 0.188. The van der Waals surface area contributed by atoms with Gasteiger partial charge in [0.15, 0.2) is 12.4 Å². The molecule has 0 saturated heterocycles. The van der Waals surface area contributed by atoms with Gasteiger partial charge in [0.1, 0.15) is 17.3 Å². The van der Waals surface area contributed by atoms with Gasteiger partial charge in [0.2, 0.25) is 0 Å². The maximum atomic E-state index is 13.4. The van der Waals surface area contributed by atoms with Gasteiger partial charge in [-0.1, -0.05) is 12.1 Å². The lowest BCUT2D eigenvalue weighted by molar-refractivity contribution is -0.147. The summed E-state index contributed by atoms with van der Waals surface area (Å²) in [5.74, 6) is -3.69. The number of nitrogens with one attached hydrogen (secondary N) is 1. The number of amides is 1. The molecule has 2 rings (SSSR count). The molecule has 0 bridgehead atoms. The van der Waals surface area contributed by atoms with Crippen LogP contribution in [0.1, 0.15) is 22.5 Å². The largest absolute Gasteiger partial charge is 0.456 e. The van der Waals surface area contributed by atoms with E-state index in [2.05, 4.69) is 4.74 Å². The SMILES string of the molecule is O=C(COC(=O)CCC(=O)c1cccs1)Nc1c(F)cccc1F. The molecule has 8 heteroatoms. The van der Waals surface area contributed by atoms with E-state index in [0.29, 0.717) is 4.88 Å². The number of rotatable bonds is 7. The van der Waals surface area contributed by atoms with Gasteiger partial charge in [-0.2, -0.15) is 0 Å². The summed E-state index contributed by atoms with van der Waals surface area (Å²) < 4.78 is 31.4. The average molecular weight is 353 g/mol. The highest BCUT2D eigenvalue weighted by atomic mass is 32.1. The zero-order chi connectivity index (χ0) is 17.5. The number of para-hydroxylation sites is 1. The minimum Gasteiger partial charge on any atom is -0.456 e. The normalized spacial score (nSPS) is 10.2. The minimum absolute atomic E-state index is 0.0388. The number of ketones is 1. The van der Waals surface area contributed by atoms with Gasteiger partial charge in [-0.05, 0) is 23.6 Å². The number of thiophene rings is 1. The van der Waals surface area contributed by atoms with E-state index in [4.69, 9.17) is 0 Å². The predicted octanol–water partition coefficient (Wildman–Crippen LogP) is 3.17. The molecule has 0 fully saturated rings. The van der Waals surface area contributed by atoms with Crippen LogP contribution in [0.5, 0.6) is 0 Å². The molecule has 0 aliphatic heterocycles. The van der Waals surface area contributed by atoms with Crippen molar-refractivity contribution in [1.29, 1.82) is 0 Å². The van der Waals surface area contributed by atoms with Crippen molar-refractivity contribution in [2.45, 2.75) is 12.8 Å². The number of hydrogen-bond acceptors (Lipinski definition) is 5. The van der Waals surface area contributed by atoms with Gasteiger partial charge in [-0.15, -0.1) is 11.3 Å². The Balaban J connectivity index is 1.75. The van der Waals surface area contributed by atoms with Crippen molar-refractivity contribution in [3.63, 3.8) is 0 Å². The molecule has 1 aromatic carbocycles. The van der Waals surface area contributed by atoms with E-state index in [1.54, 1.807) is 17.5 Å². The smallest absolute Gasteiger partial charge is 0.306 e. The van der Waals surface area contributed by atoms with E-state index < -0.39 is 35.8 Å². The zero-order valence-electron chi connectivity index (χ0n) is 12.4. The Labute approximate surface area is 140 Å². The molecule has 0 radical (unpaired) electrons. The van der Waals surface area contributed by atoms with Gasteiger partial charge in [-0.3, -0.25) is 14.4 Å². The maximum absolute atomic E-state index is 13.4. The van der Waals surface area contributed by atoms with Gasteiger partial charge in [0.05, 0.1) is 11.3 Å². The topological polar surface area (TPSA) is 72.5 Å². The summed E-state index contributed by atoms with van der Waals surface area (Å²) in [6.45, 7) is -0.695. The van der Waals surface area contributed by atoms with E-state index in [9.17, 15) is 23.2 Å². The Morgan fingerprint density at radius 2 is 1.75 bits per heavy atom. The number of esters is 1. The van der Waals surface area contributed by atoms with Crippen molar-refractivity contribution < 1.29 is 27.9 Å². The number of benzene rings is 1. The molecule has 1 aromatic heterocycles. The van der Waals surface area contributed by atoms with E-state index in [0.717, 1.165) is 18.2 Å². The van der Waals surface area contributed by atoms with Crippen molar-refractivity contribution in [3.8, 4) is 0 Å². The van der Waals surface area contributed by atoms with E-state index >= 15 is 0 Å². The Hall–Kier alpha value is -2.61. The first kappa shape index (κ1) is 17.7. The van der Waals surface area contributed by atoms with Gasteiger partial charge in [0, 0.05) is 6.42 Å². The highest BCUT2D eigenvalue weighted by Gasteiger charge is 2.15. The van der Waals surface area contributed by atoms with Crippen LogP contribution in [0.25, 0.3) is 0 Å². The van der Waals surface area contributed by atoms with Crippen LogP contribution in [0.4, 0.5) is 14.5 Å². The standard InChI is InChI=1S/C16H13F2NO4S/c17-10-3-1-4-11(18)16(10)19-14(21)9-23-15(22)7-6-12(20)13-5-2-8-24-13/h1-5,8H,6-7,9H2,(H,19,21). The van der Waals surface area contributed by atoms with Crippen LogP contribution in [-0.4, -0.2) is 24.3 Å². The highest BCUT2D eigenvalue weighted by molar-refractivity contribution is 7.12. The minimum atomic E-state index is -0.934. The van der Waals surface area contributed by atoms with Crippen LogP contribution in [0.2, 0.25) is 0 Å². The summed E-state index contributed by atoms with van der Waals surface area (Å²) in [5.41, 5.74) is -0.605. The summed E-state index contributed by atoms with van der Waals surface area (Å²) in [5, 5.41) is 3.74. The Morgan fingerprint density at radius 1 is 1.04 bits per heavy atom. The Kier molecular flexibility index (Phi) is 6.14. The van der Waals surface area contributed by atoms with E-state index in [1.807, 2.05) is 5.32 Å². The molecular weight excluding hydrogens is 340 g/mol. The Morgan fingerprint density at radius 3 is 2.38 bits per heavy atom. The molecule has 2 aromatic rings. The van der Waals surface area contributed by atoms with Gasteiger partial charge in [-0.25, -0.2) is 8.78 Å². The molecule has 0 atom stereocenters. The van der Waals surface area contributed by atoms with Gasteiger partial charge in [0.25, 0.3) is 5.91 Å². The molecule has 1 amide bonds. The summed E-state index contributed by atoms with van der Waals surface area (Å²) in [4.78, 5) is 35.3. The van der Waals surface area contributed by atoms with Crippen LogP contribution in [0.15, 0.2) is 35.7 Å². The van der Waals surface area contributed by atoms with Crippen molar-refractivity contribution in [2.24, 2.45) is 0 Å². The van der Waals surface area contributed by atoms with E-state index in [1.165, 1.54) is 11.3 Å². The van der Waals surface area contributed by atoms with Crippen LogP contribution in [0.3, 0.4) is 0 Å². The summed E-state index contributed by atoms with van der Waals surface area (Å²) in [7, 11) is 0. The first-order chi connectivity index (χ1) is 11.5. The number of halogens is 2. The molecule has 1 heterocycles. The lowest BCUT2D eigenvalue weighted by atomic mass is 10.2. The third kappa shape index (κ3) is 4.95. The molecule has 0 aliphatic rings. The van der Waals surface area contributed by atoms with E-state index in [-0.39, 0.29) is 18.6 Å². The number of Topliss-reactive ketones (excluding diaryl/α,β-unsaturated/α-hetero) is 1. The van der Waals surface area contributed by atoms with Crippen LogP contribution in [0, 0.1) is 11.6 Å². The third-order valence-electron chi connectivity index (χ3n) is 2.94. The number of carbonyl (C=O) groups excluding carboxylic acids is 3. The number of anilines is 1. The van der Waals surface area contributed by atoms with Gasteiger partial charge >= 0.3 is 5.97 Å². The van der Waals surface area contributed by atoms with Crippen molar-refractivity contribution in [2.75, 3.05) is 11.9 Å². The molecule has 5 nitrogen and oxygen atoms in total. The first-order valence-corrected chi connectivity index (χ1v) is 7.81. The number of hydrogen-bond donors (Lipinski definition) is 1. The molecular formula is C16H13F2NO4S. The molecule has 1 N–H and O–H groups in total. The second-order valence-electron chi connectivity index (χ2n) is 4.71. The zero-order valence-corrected chi connectivity index (χ0v) is 13.2. The van der Waals surface area contributed by atoms with Crippen LogP contribution >= 0.6 is 11.3 Å². The lowest BCUT2D eigenvalue weighted by Crippen LogP contribution is -2.22. The summed E-state index contributed by atoms with van der Waals surface area (Å²) >= 11 is 1.27. The number of carbonyl (C=O) groups is 3. The fourth-order valence-corrected chi connectivity index (χ4v) is 2.48. The molecule has 126 valence electrons. The molecule has 24 heavy (non-hydrogen) atoms. The summed E-state index contributed by atoms with van der Waals surface area (Å²) in [6, 6.07) is 6.50. The lowest BCUT2D eigenvalue weighted by Gasteiger charge is -2.08. The number of ether oxygens (including phenoxy) is 1. The molecule has 0 saturated carbocycles. The maximum Gasteiger partial charge on any atom is 0.306 e. The van der Waals surface area contributed by atoms with Crippen molar-refractivity contribution in [1.82, 2.24) is 0 Å². The monoisotopic (exact) mass is 353 g/mol. The predicted molar refractivity (Wildman–Crippen MR) is 83.8 cm³/mol. The molecule has 0 unspecified atom stereocenters. The van der Waals surface area contributed by atoms with Crippen LogP contribution < -0.4 is 5.32 Å². The average Bonchev–Trinajstić information content (AvgIpc) is 3.09. The second kappa shape index (κ2) is 8.30. The van der Waals surface area contributed by atoms with Crippen molar-refractivity contribution >= 4 is 34.7 Å². The Bertz CT molecular complexity index is 726.